The molecule has 0 radical (unpaired) electrons. The molecule has 3 heterocycles. The van der Waals surface area contributed by atoms with Crippen molar-refractivity contribution in [3.05, 3.63) is 47.9 Å². The number of benzene rings is 1. The summed E-state index contributed by atoms with van der Waals surface area (Å²) in [6.45, 7) is 2.45. The highest BCUT2D eigenvalue weighted by Crippen LogP contribution is 2.32. The van der Waals surface area contributed by atoms with Crippen molar-refractivity contribution in [3.63, 3.8) is 0 Å². The van der Waals surface area contributed by atoms with Crippen LogP contribution in [0.4, 0.5) is 5.82 Å². The van der Waals surface area contributed by atoms with Gasteiger partial charge in [0.05, 0.1) is 0 Å². The highest BCUT2D eigenvalue weighted by molar-refractivity contribution is 5.91. The summed E-state index contributed by atoms with van der Waals surface area (Å²) >= 11 is 0. The summed E-state index contributed by atoms with van der Waals surface area (Å²) in [5, 5.41) is 12.2. The van der Waals surface area contributed by atoms with E-state index in [2.05, 4.69) is 26.3 Å². The van der Waals surface area contributed by atoms with E-state index in [0.29, 0.717) is 29.7 Å². The van der Waals surface area contributed by atoms with Gasteiger partial charge in [0.1, 0.15) is 6.07 Å². The molecule has 1 aromatic carbocycles. The average Bonchev–Trinajstić information content (AvgIpc) is 3.24. The molecule has 1 saturated heterocycles. The lowest BCUT2D eigenvalue weighted by molar-refractivity contribution is -0.116. The molecule has 1 N–H and O–H groups in total. The predicted octanol–water partition coefficient (Wildman–Crippen LogP) is 2.12. The number of fused-ring (bicyclic) bond motifs is 1. The molecule has 2 aliphatic rings. The van der Waals surface area contributed by atoms with E-state index in [1.165, 1.54) is 12.3 Å². The Balaban J connectivity index is 1.24. The van der Waals surface area contributed by atoms with E-state index in [1.807, 2.05) is 18.2 Å². The number of carbonyl (C=O) groups is 1. The third-order valence-electron chi connectivity index (χ3n) is 5.09. The minimum atomic E-state index is -0.120. The minimum absolute atomic E-state index is 0.120. The van der Waals surface area contributed by atoms with Gasteiger partial charge < -0.3 is 19.7 Å². The van der Waals surface area contributed by atoms with E-state index < -0.39 is 0 Å². The van der Waals surface area contributed by atoms with Gasteiger partial charge in [0.25, 0.3) is 0 Å². The predicted molar refractivity (Wildman–Crippen MR) is 106 cm³/mol. The smallest absolute Gasteiger partial charge is 0.244 e. The van der Waals surface area contributed by atoms with E-state index in [9.17, 15) is 10.1 Å². The highest BCUT2D eigenvalue weighted by Gasteiger charge is 2.22. The van der Waals surface area contributed by atoms with Gasteiger partial charge in [-0.1, -0.05) is 6.07 Å². The fraction of sp³-hybridized carbons (Fsp3) is 0.333. The number of hydrogen-bond acceptors (Lipinski definition) is 7. The number of anilines is 1. The number of carbonyl (C=O) groups excluding carboxylic acids is 1. The van der Waals surface area contributed by atoms with E-state index in [4.69, 9.17) is 9.47 Å². The zero-order chi connectivity index (χ0) is 20.1. The Kier molecular flexibility index (Phi) is 5.56. The number of nitrogens with zero attached hydrogens (tertiary/aromatic N) is 4. The average molecular weight is 391 g/mol. The second-order valence-electron chi connectivity index (χ2n) is 6.96. The molecular formula is C21H21N5O3. The Hall–Kier alpha value is -3.60. The molecule has 148 valence electrons. The van der Waals surface area contributed by atoms with Gasteiger partial charge in [-0.2, -0.15) is 5.26 Å². The molecule has 0 spiro atoms. The van der Waals surface area contributed by atoms with Crippen molar-refractivity contribution in [1.82, 2.24) is 15.3 Å². The fourth-order valence-corrected chi connectivity index (χ4v) is 3.48. The van der Waals surface area contributed by atoms with Crippen LogP contribution in [0.25, 0.3) is 6.08 Å². The summed E-state index contributed by atoms with van der Waals surface area (Å²) in [6, 6.07) is 7.66. The molecule has 8 heteroatoms. The molecule has 2 aliphatic heterocycles. The minimum Gasteiger partial charge on any atom is -0.454 e. The van der Waals surface area contributed by atoms with Gasteiger partial charge >= 0.3 is 0 Å². The number of ether oxygens (including phenoxy) is 2. The molecule has 0 bridgehead atoms. The normalized spacial score (nSPS) is 16.0. The molecule has 2 aromatic rings. The molecule has 0 aliphatic carbocycles. The Morgan fingerprint density at radius 2 is 2.03 bits per heavy atom. The van der Waals surface area contributed by atoms with Crippen molar-refractivity contribution in [2.24, 2.45) is 5.92 Å². The Morgan fingerprint density at radius 1 is 1.24 bits per heavy atom. The van der Waals surface area contributed by atoms with Crippen LogP contribution in [0, 0.1) is 17.2 Å². The van der Waals surface area contributed by atoms with Gasteiger partial charge in [0.2, 0.25) is 12.7 Å². The van der Waals surface area contributed by atoms with E-state index in [1.54, 1.807) is 12.3 Å². The molecule has 29 heavy (non-hydrogen) atoms. The van der Waals surface area contributed by atoms with E-state index >= 15 is 0 Å². The Bertz CT molecular complexity index is 961. The number of piperidine rings is 1. The fourth-order valence-electron chi connectivity index (χ4n) is 3.48. The van der Waals surface area contributed by atoms with Gasteiger partial charge in [-0.25, -0.2) is 9.97 Å². The van der Waals surface area contributed by atoms with Gasteiger partial charge in [0, 0.05) is 38.1 Å². The lowest BCUT2D eigenvalue weighted by Crippen LogP contribution is -2.39. The molecule has 0 atom stereocenters. The maximum atomic E-state index is 12.1. The topological polar surface area (TPSA) is 100 Å². The quantitative estimate of drug-likeness (QED) is 0.779. The van der Waals surface area contributed by atoms with Gasteiger partial charge in [-0.05, 0) is 42.5 Å². The number of hydrogen-bond donors (Lipinski definition) is 1. The number of amides is 1. The van der Waals surface area contributed by atoms with Crippen LogP contribution in [0.2, 0.25) is 0 Å². The lowest BCUT2D eigenvalue weighted by Gasteiger charge is -2.32. The zero-order valence-electron chi connectivity index (χ0n) is 15.9. The summed E-state index contributed by atoms with van der Waals surface area (Å²) in [4.78, 5) is 22.6. The first-order valence-electron chi connectivity index (χ1n) is 9.54. The molecule has 0 unspecified atom stereocenters. The summed E-state index contributed by atoms with van der Waals surface area (Å²) < 4.78 is 10.6. The van der Waals surface area contributed by atoms with E-state index in [-0.39, 0.29) is 12.7 Å². The third kappa shape index (κ3) is 4.46. The summed E-state index contributed by atoms with van der Waals surface area (Å²) in [5.41, 5.74) is 1.24. The van der Waals surface area contributed by atoms with Crippen LogP contribution >= 0.6 is 0 Å². The summed E-state index contributed by atoms with van der Waals surface area (Å²) in [5.74, 6) is 2.34. The SMILES string of the molecule is N#Cc1nccnc1N1CCC(CNC(=O)C=Cc2ccc3c(c2)OCO3)CC1. The first-order valence-corrected chi connectivity index (χ1v) is 9.54. The van der Waals surface area contributed by atoms with E-state index in [0.717, 1.165) is 37.2 Å². The number of nitriles is 1. The highest BCUT2D eigenvalue weighted by atomic mass is 16.7. The number of aromatic nitrogens is 2. The Labute approximate surface area is 168 Å². The van der Waals surface area contributed by atoms with Crippen LogP contribution in [-0.2, 0) is 4.79 Å². The second-order valence-corrected chi connectivity index (χ2v) is 6.96. The van der Waals surface area contributed by atoms with Crippen molar-refractivity contribution >= 4 is 17.8 Å². The summed E-state index contributed by atoms with van der Waals surface area (Å²) in [7, 11) is 0. The van der Waals surface area contributed by atoms with Gasteiger partial charge in [0.15, 0.2) is 23.0 Å². The standard InChI is InChI=1S/C21H21N5O3/c22-12-17-21(24-8-7-23-17)26-9-5-16(6-10-26)13-25-20(27)4-2-15-1-3-18-19(11-15)29-14-28-18/h1-4,7-8,11,16H,5-6,9-10,13-14H2,(H,25,27). The van der Waals surface area contributed by atoms with Crippen molar-refractivity contribution in [2.45, 2.75) is 12.8 Å². The van der Waals surface area contributed by atoms with Gasteiger partial charge in [-0.3, -0.25) is 4.79 Å². The van der Waals surface area contributed by atoms with Gasteiger partial charge in [-0.15, -0.1) is 0 Å². The van der Waals surface area contributed by atoms with Crippen molar-refractivity contribution < 1.29 is 14.3 Å². The largest absolute Gasteiger partial charge is 0.454 e. The molecule has 1 amide bonds. The molecule has 1 aromatic heterocycles. The molecule has 0 saturated carbocycles. The van der Waals surface area contributed by atoms with Crippen LogP contribution in [0.5, 0.6) is 11.5 Å². The monoisotopic (exact) mass is 391 g/mol. The molecule has 8 nitrogen and oxygen atoms in total. The maximum absolute atomic E-state index is 12.1. The second kappa shape index (κ2) is 8.61. The van der Waals surface area contributed by atoms with Crippen LogP contribution < -0.4 is 19.7 Å². The first-order chi connectivity index (χ1) is 14.2. The molecule has 1 fully saturated rings. The van der Waals surface area contributed by atoms with Crippen molar-refractivity contribution in [3.8, 4) is 17.6 Å². The number of rotatable bonds is 5. The molecular weight excluding hydrogens is 370 g/mol. The van der Waals surface area contributed by atoms with Crippen LogP contribution in [-0.4, -0.2) is 42.3 Å². The lowest BCUT2D eigenvalue weighted by atomic mass is 9.96. The van der Waals surface area contributed by atoms with Crippen molar-refractivity contribution in [2.75, 3.05) is 31.3 Å². The van der Waals surface area contributed by atoms with Crippen LogP contribution in [0.15, 0.2) is 36.7 Å². The van der Waals surface area contributed by atoms with Crippen molar-refractivity contribution in [1.29, 1.82) is 5.26 Å². The number of nitrogens with one attached hydrogen (secondary N) is 1. The van der Waals surface area contributed by atoms with Crippen LogP contribution in [0.3, 0.4) is 0 Å². The summed E-state index contributed by atoms with van der Waals surface area (Å²) in [6.07, 6.45) is 8.28. The van der Waals surface area contributed by atoms with Crippen LogP contribution in [0.1, 0.15) is 24.1 Å². The Morgan fingerprint density at radius 3 is 2.86 bits per heavy atom. The zero-order valence-corrected chi connectivity index (χ0v) is 15.9. The molecule has 4 rings (SSSR count). The third-order valence-corrected chi connectivity index (χ3v) is 5.09. The first kappa shape index (κ1) is 18.7. The maximum Gasteiger partial charge on any atom is 0.244 e.